The summed E-state index contributed by atoms with van der Waals surface area (Å²) in [4.78, 5) is 13.8. The van der Waals surface area contributed by atoms with E-state index in [4.69, 9.17) is 0 Å². The van der Waals surface area contributed by atoms with Gasteiger partial charge in [-0.2, -0.15) is 5.10 Å². The molecule has 0 N–H and O–H groups in total. The number of thioether (sulfide) groups is 1. The van der Waals surface area contributed by atoms with Crippen LogP contribution in [0.15, 0.2) is 40.5 Å². The van der Waals surface area contributed by atoms with Gasteiger partial charge in [0, 0.05) is 5.71 Å². The zero-order valence-corrected chi connectivity index (χ0v) is 13.5. The van der Waals surface area contributed by atoms with Crippen molar-refractivity contribution in [2.75, 3.05) is 5.75 Å². The number of benzene rings is 1. The molecular formula is C17H21N3OS. The van der Waals surface area contributed by atoms with Gasteiger partial charge in [0.15, 0.2) is 5.17 Å². The minimum absolute atomic E-state index is 0.119. The molecule has 3 rings (SSSR count). The van der Waals surface area contributed by atoms with Crippen molar-refractivity contribution in [1.29, 1.82) is 0 Å². The third kappa shape index (κ3) is 3.97. The molecule has 4 nitrogen and oxygen atoms in total. The highest BCUT2D eigenvalue weighted by molar-refractivity contribution is 8.15. The predicted molar refractivity (Wildman–Crippen MR) is 92.0 cm³/mol. The van der Waals surface area contributed by atoms with E-state index in [1.165, 1.54) is 43.2 Å². The first kappa shape index (κ1) is 15.3. The van der Waals surface area contributed by atoms with Crippen molar-refractivity contribution >= 4 is 28.5 Å². The average molecular weight is 315 g/mol. The van der Waals surface area contributed by atoms with E-state index in [1.807, 2.05) is 30.3 Å². The molecule has 1 amide bonds. The molecule has 116 valence electrons. The van der Waals surface area contributed by atoms with Gasteiger partial charge in [0.2, 0.25) is 5.91 Å². The summed E-state index contributed by atoms with van der Waals surface area (Å²) in [7, 11) is 0. The van der Waals surface area contributed by atoms with Gasteiger partial charge >= 0.3 is 0 Å². The van der Waals surface area contributed by atoms with Crippen molar-refractivity contribution in [3.05, 3.63) is 35.9 Å². The van der Waals surface area contributed by atoms with Crippen LogP contribution in [0.2, 0.25) is 0 Å². The second-order valence-electron chi connectivity index (χ2n) is 5.72. The lowest BCUT2D eigenvalue weighted by atomic mass is 10.2. The maximum absolute atomic E-state index is 12.1. The lowest BCUT2D eigenvalue weighted by Gasteiger charge is -2.15. The van der Waals surface area contributed by atoms with Gasteiger partial charge in [-0.3, -0.25) is 9.69 Å². The Kier molecular flexibility index (Phi) is 5.27. The topological polar surface area (TPSA) is 45.0 Å². The van der Waals surface area contributed by atoms with Crippen LogP contribution in [0.5, 0.6) is 0 Å². The van der Waals surface area contributed by atoms with Gasteiger partial charge in [0.05, 0.1) is 12.3 Å². The molecule has 1 aliphatic carbocycles. The van der Waals surface area contributed by atoms with Crippen LogP contribution >= 0.6 is 11.8 Å². The first-order valence-corrected chi connectivity index (χ1v) is 8.92. The van der Waals surface area contributed by atoms with Crippen LogP contribution in [0.4, 0.5) is 0 Å². The first-order chi connectivity index (χ1) is 10.8. The van der Waals surface area contributed by atoms with Crippen LogP contribution in [-0.2, 0) is 11.3 Å². The van der Waals surface area contributed by atoms with Crippen molar-refractivity contribution in [2.45, 2.75) is 45.1 Å². The molecule has 1 saturated carbocycles. The van der Waals surface area contributed by atoms with Crippen molar-refractivity contribution < 1.29 is 4.79 Å². The second-order valence-corrected chi connectivity index (χ2v) is 6.66. The van der Waals surface area contributed by atoms with Gasteiger partial charge in [0.1, 0.15) is 0 Å². The van der Waals surface area contributed by atoms with E-state index in [-0.39, 0.29) is 5.91 Å². The fourth-order valence-electron chi connectivity index (χ4n) is 2.74. The Labute approximate surface area is 135 Å². The van der Waals surface area contributed by atoms with Gasteiger partial charge < -0.3 is 0 Å². The van der Waals surface area contributed by atoms with Gasteiger partial charge in [-0.25, -0.2) is 0 Å². The average Bonchev–Trinajstić information content (AvgIpc) is 2.76. The summed E-state index contributed by atoms with van der Waals surface area (Å²) < 4.78 is 0. The lowest BCUT2D eigenvalue weighted by molar-refractivity contribution is -0.124. The Morgan fingerprint density at radius 1 is 1.00 bits per heavy atom. The van der Waals surface area contributed by atoms with E-state index < -0.39 is 0 Å². The molecule has 0 spiro atoms. The molecule has 1 aromatic carbocycles. The first-order valence-electron chi connectivity index (χ1n) is 7.93. The largest absolute Gasteiger partial charge is 0.285 e. The normalized spacial score (nSPS) is 21.3. The van der Waals surface area contributed by atoms with E-state index in [0.717, 1.165) is 23.6 Å². The number of nitrogens with zero attached hydrogens (tertiary/aromatic N) is 3. The molecule has 1 aromatic rings. The summed E-state index contributed by atoms with van der Waals surface area (Å²) in [6.07, 6.45) is 7.11. The fourth-order valence-corrected chi connectivity index (χ4v) is 3.57. The van der Waals surface area contributed by atoms with Crippen molar-refractivity contribution in [3.8, 4) is 0 Å². The van der Waals surface area contributed by atoms with E-state index in [9.17, 15) is 4.79 Å². The van der Waals surface area contributed by atoms with Crippen LogP contribution in [0.1, 0.15) is 44.1 Å². The number of carbonyl (C=O) groups is 1. The third-order valence-electron chi connectivity index (χ3n) is 4.00. The molecule has 1 aliphatic heterocycles. The van der Waals surface area contributed by atoms with Gasteiger partial charge in [-0.05, 0) is 31.2 Å². The zero-order chi connectivity index (χ0) is 15.2. The molecule has 0 aromatic heterocycles. The van der Waals surface area contributed by atoms with Crippen LogP contribution in [-0.4, -0.2) is 27.4 Å². The van der Waals surface area contributed by atoms with Gasteiger partial charge in [0.25, 0.3) is 0 Å². The number of rotatable bonds is 3. The fraction of sp³-hybridized carbons (Fsp3) is 0.471. The second kappa shape index (κ2) is 7.58. The SMILES string of the molecule is O=C1CS/C(=N/N=C2CCCCCC2)N1Cc1ccccc1. The highest BCUT2D eigenvalue weighted by atomic mass is 32.2. The third-order valence-corrected chi connectivity index (χ3v) is 4.95. The van der Waals surface area contributed by atoms with E-state index >= 15 is 0 Å². The monoisotopic (exact) mass is 315 g/mol. The number of hydrogen-bond acceptors (Lipinski definition) is 4. The smallest absolute Gasteiger partial charge is 0.239 e. The highest BCUT2D eigenvalue weighted by Crippen LogP contribution is 2.22. The van der Waals surface area contributed by atoms with Gasteiger partial charge in [-0.15, -0.1) is 5.10 Å². The molecular weight excluding hydrogens is 294 g/mol. The number of amides is 1. The Hall–Kier alpha value is -1.62. The Morgan fingerprint density at radius 2 is 1.73 bits per heavy atom. The standard InChI is InChI=1S/C17H21N3OS/c21-16-13-22-17(19-18-15-10-6-1-2-7-11-15)20(16)12-14-8-4-3-5-9-14/h3-5,8-9H,1-2,6-7,10-13H2/b19-17+. The van der Waals surface area contributed by atoms with Crippen LogP contribution in [0.3, 0.4) is 0 Å². The molecule has 2 aliphatic rings. The predicted octanol–water partition coefficient (Wildman–Crippen LogP) is 3.83. The Bertz CT molecular complexity index is 573. The Morgan fingerprint density at radius 3 is 2.45 bits per heavy atom. The summed E-state index contributed by atoms with van der Waals surface area (Å²) in [5.74, 6) is 0.588. The maximum atomic E-state index is 12.1. The van der Waals surface area contributed by atoms with E-state index in [2.05, 4.69) is 10.2 Å². The minimum Gasteiger partial charge on any atom is -0.285 e. The number of amidine groups is 1. The van der Waals surface area contributed by atoms with Crippen molar-refractivity contribution in [1.82, 2.24) is 4.90 Å². The van der Waals surface area contributed by atoms with Crippen LogP contribution < -0.4 is 0 Å². The molecule has 0 unspecified atom stereocenters. The van der Waals surface area contributed by atoms with Crippen molar-refractivity contribution in [2.24, 2.45) is 10.2 Å². The zero-order valence-electron chi connectivity index (χ0n) is 12.7. The Balaban J connectivity index is 1.72. The molecule has 5 heteroatoms. The summed E-state index contributed by atoms with van der Waals surface area (Å²) in [5.41, 5.74) is 2.30. The molecule has 0 bridgehead atoms. The minimum atomic E-state index is 0.119. The molecule has 1 heterocycles. The van der Waals surface area contributed by atoms with E-state index in [1.54, 1.807) is 4.90 Å². The summed E-state index contributed by atoms with van der Waals surface area (Å²) in [5, 5.41) is 9.57. The van der Waals surface area contributed by atoms with Crippen LogP contribution in [0.25, 0.3) is 0 Å². The quantitative estimate of drug-likeness (QED) is 0.628. The molecule has 1 saturated heterocycles. The highest BCUT2D eigenvalue weighted by Gasteiger charge is 2.28. The number of hydrogen-bond donors (Lipinski definition) is 0. The number of carbonyl (C=O) groups excluding carboxylic acids is 1. The summed E-state index contributed by atoms with van der Waals surface area (Å²) >= 11 is 1.49. The molecule has 2 fully saturated rings. The molecule has 22 heavy (non-hydrogen) atoms. The molecule has 0 radical (unpaired) electrons. The van der Waals surface area contributed by atoms with Crippen molar-refractivity contribution in [3.63, 3.8) is 0 Å². The van der Waals surface area contributed by atoms with E-state index in [0.29, 0.717) is 12.3 Å². The van der Waals surface area contributed by atoms with Gasteiger partial charge in [-0.1, -0.05) is 54.9 Å². The molecule has 0 atom stereocenters. The lowest BCUT2D eigenvalue weighted by Crippen LogP contribution is -2.28. The van der Waals surface area contributed by atoms with Crippen LogP contribution in [0, 0.1) is 0 Å². The summed E-state index contributed by atoms with van der Waals surface area (Å²) in [6, 6.07) is 10.0. The maximum Gasteiger partial charge on any atom is 0.239 e. The summed E-state index contributed by atoms with van der Waals surface area (Å²) in [6.45, 7) is 0.580.